The monoisotopic (exact) mass is 478 g/mol. The molecule has 1 atom stereocenters. The maximum Gasteiger partial charge on any atom is 0.191 e. The molecule has 1 aromatic heterocycles. The van der Waals surface area contributed by atoms with Gasteiger partial charge in [0.05, 0.1) is 23.3 Å². The van der Waals surface area contributed by atoms with Crippen LogP contribution in [-0.2, 0) is 6.54 Å². The van der Waals surface area contributed by atoms with Crippen LogP contribution >= 0.6 is 46.9 Å². The smallest absolute Gasteiger partial charge is 0.191 e. The molecule has 0 saturated heterocycles. The topological polar surface area (TPSA) is 49.3 Å². The van der Waals surface area contributed by atoms with Gasteiger partial charge in [0, 0.05) is 23.4 Å². The third-order valence-electron chi connectivity index (χ3n) is 3.43. The molecule has 0 radical (unpaired) electrons. The number of benzene rings is 1. The highest BCUT2D eigenvalue weighted by molar-refractivity contribution is 14.0. The standard InChI is InChI=1S/C17H23ClN4S.HI/c1-11(2)16-22-15(10-23-16)9-20-17(19-4)21-12(3)13-6-5-7-14(18)8-13;/h5-8,10-12H,9H2,1-4H3,(H2,19,20,21);1H. The van der Waals surface area contributed by atoms with Crippen LogP contribution in [0.4, 0.5) is 0 Å². The van der Waals surface area contributed by atoms with E-state index in [4.69, 9.17) is 11.6 Å². The Bertz CT molecular complexity index is 672. The highest BCUT2D eigenvalue weighted by Gasteiger charge is 2.10. The Morgan fingerprint density at radius 1 is 1.33 bits per heavy atom. The van der Waals surface area contributed by atoms with E-state index in [-0.39, 0.29) is 30.0 Å². The lowest BCUT2D eigenvalue weighted by Crippen LogP contribution is -2.38. The fourth-order valence-electron chi connectivity index (χ4n) is 2.10. The van der Waals surface area contributed by atoms with Gasteiger partial charge < -0.3 is 10.6 Å². The summed E-state index contributed by atoms with van der Waals surface area (Å²) < 4.78 is 0. The first-order chi connectivity index (χ1) is 11.0. The Morgan fingerprint density at radius 2 is 2.08 bits per heavy atom. The Hall–Kier alpha value is -0.860. The summed E-state index contributed by atoms with van der Waals surface area (Å²) in [7, 11) is 1.76. The van der Waals surface area contributed by atoms with Gasteiger partial charge in [-0.25, -0.2) is 4.98 Å². The minimum Gasteiger partial charge on any atom is -0.351 e. The maximum atomic E-state index is 6.05. The van der Waals surface area contributed by atoms with Crippen molar-refractivity contribution in [3.63, 3.8) is 0 Å². The van der Waals surface area contributed by atoms with E-state index < -0.39 is 0 Å². The molecule has 0 aliphatic carbocycles. The Morgan fingerprint density at radius 3 is 2.67 bits per heavy atom. The Labute approximate surface area is 170 Å². The van der Waals surface area contributed by atoms with Crippen LogP contribution in [0.1, 0.15) is 49.0 Å². The van der Waals surface area contributed by atoms with Crippen molar-refractivity contribution in [2.75, 3.05) is 7.05 Å². The number of guanidine groups is 1. The van der Waals surface area contributed by atoms with Crippen molar-refractivity contribution < 1.29 is 0 Å². The Balaban J connectivity index is 0.00000288. The number of rotatable bonds is 5. The molecule has 2 rings (SSSR count). The van der Waals surface area contributed by atoms with Crippen LogP contribution in [0, 0.1) is 0 Å². The molecule has 0 aliphatic heterocycles. The summed E-state index contributed by atoms with van der Waals surface area (Å²) in [6, 6.07) is 7.95. The van der Waals surface area contributed by atoms with Crippen LogP contribution < -0.4 is 10.6 Å². The van der Waals surface area contributed by atoms with Gasteiger partial charge in [0.25, 0.3) is 0 Å². The van der Waals surface area contributed by atoms with Crippen molar-refractivity contribution in [2.45, 2.75) is 39.3 Å². The van der Waals surface area contributed by atoms with Gasteiger partial charge in [-0.1, -0.05) is 37.6 Å². The molecule has 4 nitrogen and oxygen atoms in total. The summed E-state index contributed by atoms with van der Waals surface area (Å²) >= 11 is 7.75. The largest absolute Gasteiger partial charge is 0.351 e. The lowest BCUT2D eigenvalue weighted by atomic mass is 10.1. The van der Waals surface area contributed by atoms with Crippen LogP contribution in [-0.4, -0.2) is 18.0 Å². The molecule has 0 bridgehead atoms. The van der Waals surface area contributed by atoms with Gasteiger partial charge in [-0.3, -0.25) is 4.99 Å². The van der Waals surface area contributed by atoms with Crippen LogP contribution in [0.25, 0.3) is 0 Å². The molecule has 0 aliphatic rings. The fraction of sp³-hybridized carbons (Fsp3) is 0.412. The molecule has 1 unspecified atom stereocenters. The minimum atomic E-state index is 0. The lowest BCUT2D eigenvalue weighted by Gasteiger charge is -2.18. The van der Waals surface area contributed by atoms with Gasteiger partial charge >= 0.3 is 0 Å². The van der Waals surface area contributed by atoms with Gasteiger partial charge in [-0.2, -0.15) is 0 Å². The Kier molecular flexibility index (Phi) is 9.01. The summed E-state index contributed by atoms with van der Waals surface area (Å²) in [6.45, 7) is 7.05. The molecule has 0 spiro atoms. The number of aliphatic imine (C=N–C) groups is 1. The second-order valence-corrected chi connectivity index (χ2v) is 7.00. The third kappa shape index (κ3) is 6.22. The molecule has 24 heavy (non-hydrogen) atoms. The van der Waals surface area contributed by atoms with Crippen molar-refractivity contribution in [1.82, 2.24) is 15.6 Å². The second-order valence-electron chi connectivity index (χ2n) is 5.68. The first-order valence-corrected chi connectivity index (χ1v) is 8.92. The predicted octanol–water partition coefficient (Wildman–Crippen LogP) is 4.96. The van der Waals surface area contributed by atoms with E-state index in [2.05, 4.69) is 46.8 Å². The van der Waals surface area contributed by atoms with E-state index in [1.54, 1.807) is 18.4 Å². The van der Waals surface area contributed by atoms with Crippen LogP contribution in [0.15, 0.2) is 34.6 Å². The highest BCUT2D eigenvalue weighted by atomic mass is 127. The first-order valence-electron chi connectivity index (χ1n) is 7.66. The van der Waals surface area contributed by atoms with Gasteiger partial charge in [0.15, 0.2) is 5.96 Å². The van der Waals surface area contributed by atoms with Crippen molar-refractivity contribution >= 4 is 52.9 Å². The normalized spacial score (nSPS) is 12.7. The summed E-state index contributed by atoms with van der Waals surface area (Å²) in [5.74, 6) is 1.21. The van der Waals surface area contributed by atoms with E-state index in [1.807, 2.05) is 24.3 Å². The first kappa shape index (κ1) is 21.2. The molecule has 2 N–H and O–H groups in total. The number of hydrogen-bond acceptors (Lipinski definition) is 3. The van der Waals surface area contributed by atoms with E-state index >= 15 is 0 Å². The average Bonchev–Trinajstić information content (AvgIpc) is 3.00. The van der Waals surface area contributed by atoms with Crippen molar-refractivity contribution in [2.24, 2.45) is 4.99 Å². The number of halogens is 2. The zero-order valence-electron chi connectivity index (χ0n) is 14.3. The quantitative estimate of drug-likeness (QED) is 0.363. The van der Waals surface area contributed by atoms with E-state index in [0.29, 0.717) is 12.5 Å². The fourth-order valence-corrected chi connectivity index (χ4v) is 3.14. The molecule has 0 saturated carbocycles. The summed E-state index contributed by atoms with van der Waals surface area (Å²) in [4.78, 5) is 8.89. The summed E-state index contributed by atoms with van der Waals surface area (Å²) in [5.41, 5.74) is 2.16. The summed E-state index contributed by atoms with van der Waals surface area (Å²) in [5, 5.41) is 10.7. The molecule has 7 heteroatoms. The maximum absolute atomic E-state index is 6.05. The molecule has 132 valence electrons. The van der Waals surface area contributed by atoms with Crippen molar-refractivity contribution in [3.8, 4) is 0 Å². The van der Waals surface area contributed by atoms with Crippen LogP contribution in [0.2, 0.25) is 5.02 Å². The van der Waals surface area contributed by atoms with Crippen LogP contribution in [0.3, 0.4) is 0 Å². The number of hydrogen-bond donors (Lipinski definition) is 2. The van der Waals surface area contributed by atoms with Gasteiger partial charge in [0.1, 0.15) is 0 Å². The molecule has 0 amide bonds. The second kappa shape index (κ2) is 10.2. The summed E-state index contributed by atoms with van der Waals surface area (Å²) in [6.07, 6.45) is 0. The van der Waals surface area contributed by atoms with E-state index in [0.717, 1.165) is 27.2 Å². The van der Waals surface area contributed by atoms with E-state index in [1.165, 1.54) is 0 Å². The highest BCUT2D eigenvalue weighted by Crippen LogP contribution is 2.19. The van der Waals surface area contributed by atoms with Gasteiger partial charge in [0.2, 0.25) is 0 Å². The molecular formula is C17H24ClIN4S. The molecule has 1 heterocycles. The van der Waals surface area contributed by atoms with E-state index in [9.17, 15) is 0 Å². The van der Waals surface area contributed by atoms with Crippen LogP contribution in [0.5, 0.6) is 0 Å². The minimum absolute atomic E-state index is 0. The number of thiazole rings is 1. The molecule has 2 aromatic rings. The van der Waals surface area contributed by atoms with Crippen molar-refractivity contribution in [1.29, 1.82) is 0 Å². The van der Waals surface area contributed by atoms with Gasteiger partial charge in [-0.05, 0) is 24.6 Å². The van der Waals surface area contributed by atoms with Gasteiger partial charge in [-0.15, -0.1) is 35.3 Å². The number of nitrogens with one attached hydrogen (secondary N) is 2. The molecular weight excluding hydrogens is 455 g/mol. The predicted molar refractivity (Wildman–Crippen MR) is 115 cm³/mol. The average molecular weight is 479 g/mol. The molecule has 1 aromatic carbocycles. The number of aromatic nitrogens is 1. The van der Waals surface area contributed by atoms with Crippen molar-refractivity contribution in [3.05, 3.63) is 50.9 Å². The zero-order valence-corrected chi connectivity index (χ0v) is 18.2. The number of nitrogens with zero attached hydrogens (tertiary/aromatic N) is 2. The third-order valence-corrected chi connectivity index (χ3v) is 4.86. The zero-order chi connectivity index (χ0) is 16.8. The molecule has 0 fully saturated rings. The SMILES string of the molecule is CN=C(NCc1csc(C(C)C)n1)NC(C)c1cccc(Cl)c1.I. The lowest BCUT2D eigenvalue weighted by molar-refractivity contribution is 0.682.